The van der Waals surface area contributed by atoms with E-state index in [4.69, 9.17) is 0 Å². The van der Waals surface area contributed by atoms with Gasteiger partial charge in [-0.1, -0.05) is 75.9 Å². The molecule has 1 nitrogen and oxygen atoms in total. The zero-order chi connectivity index (χ0) is 19.6. The van der Waals surface area contributed by atoms with Crippen LogP contribution in [-0.4, -0.2) is 0 Å². The number of hydrogen-bond donors (Lipinski definition) is 0. The molecule has 1 aromatic carbocycles. The molecule has 0 saturated carbocycles. The quantitative estimate of drug-likeness (QED) is 0.347. The van der Waals surface area contributed by atoms with Gasteiger partial charge in [-0.25, -0.2) is 0 Å². The lowest BCUT2D eigenvalue weighted by Gasteiger charge is -2.20. The van der Waals surface area contributed by atoms with Crippen LogP contribution >= 0.6 is 0 Å². The summed E-state index contributed by atoms with van der Waals surface area (Å²) >= 11 is 0. The van der Waals surface area contributed by atoms with Crippen molar-refractivity contribution in [2.75, 3.05) is 4.90 Å². The molecule has 1 heteroatoms. The lowest BCUT2D eigenvalue weighted by molar-refractivity contribution is 0.517. The maximum Gasteiger partial charge on any atom is 0.0451 e. The van der Waals surface area contributed by atoms with Crippen LogP contribution in [0.15, 0.2) is 97.4 Å². The van der Waals surface area contributed by atoms with Gasteiger partial charge in [0.2, 0.25) is 0 Å². The van der Waals surface area contributed by atoms with Crippen LogP contribution < -0.4 is 4.90 Å². The Hall–Kier alpha value is -2.54. The topological polar surface area (TPSA) is 3.24 Å². The first-order valence-corrected chi connectivity index (χ1v) is 9.08. The van der Waals surface area contributed by atoms with Crippen LogP contribution in [0, 0.1) is 12.3 Å². The number of anilines is 1. The molecular formula is C25H33N. The zero-order valence-corrected chi connectivity index (χ0v) is 17.0. The summed E-state index contributed by atoms with van der Waals surface area (Å²) < 4.78 is 0. The van der Waals surface area contributed by atoms with E-state index in [0.29, 0.717) is 0 Å². The molecule has 0 radical (unpaired) electrons. The molecule has 138 valence electrons. The van der Waals surface area contributed by atoms with Gasteiger partial charge in [-0.05, 0) is 61.1 Å². The Labute approximate surface area is 160 Å². The molecule has 1 rings (SSSR count). The minimum Gasteiger partial charge on any atom is -0.324 e. The van der Waals surface area contributed by atoms with E-state index < -0.39 is 0 Å². The molecule has 0 bridgehead atoms. The number of hydrogen-bond acceptors (Lipinski definition) is 1. The van der Waals surface area contributed by atoms with Crippen molar-refractivity contribution in [1.29, 1.82) is 0 Å². The van der Waals surface area contributed by atoms with E-state index in [1.807, 2.05) is 13.0 Å². The summed E-state index contributed by atoms with van der Waals surface area (Å²) in [6, 6.07) is 8.48. The maximum absolute atomic E-state index is 3.93. The molecule has 0 aliphatic carbocycles. The summed E-state index contributed by atoms with van der Waals surface area (Å²) in [5.41, 5.74) is 4.83. The first kappa shape index (κ1) is 21.5. The maximum atomic E-state index is 3.93. The van der Waals surface area contributed by atoms with E-state index in [-0.39, 0.29) is 5.41 Å². The first-order chi connectivity index (χ1) is 12.2. The van der Waals surface area contributed by atoms with Gasteiger partial charge in [0.25, 0.3) is 0 Å². The third kappa shape index (κ3) is 8.02. The van der Waals surface area contributed by atoms with Crippen molar-refractivity contribution >= 4 is 5.69 Å². The van der Waals surface area contributed by atoms with E-state index in [2.05, 4.69) is 113 Å². The Balaban J connectivity index is 3.05. The summed E-state index contributed by atoms with van der Waals surface area (Å²) in [5.74, 6) is 0. The molecule has 0 atom stereocenters. The van der Waals surface area contributed by atoms with Gasteiger partial charge in [-0.15, -0.1) is 0 Å². The van der Waals surface area contributed by atoms with E-state index in [1.165, 1.54) is 11.1 Å². The molecule has 0 aliphatic heterocycles. The van der Waals surface area contributed by atoms with Gasteiger partial charge in [-0.3, -0.25) is 0 Å². The van der Waals surface area contributed by atoms with Crippen LogP contribution in [0.5, 0.6) is 0 Å². The molecule has 0 aliphatic rings. The monoisotopic (exact) mass is 347 g/mol. The van der Waals surface area contributed by atoms with Crippen molar-refractivity contribution < 1.29 is 0 Å². The van der Waals surface area contributed by atoms with Crippen molar-refractivity contribution in [1.82, 2.24) is 0 Å². The highest BCUT2D eigenvalue weighted by molar-refractivity contribution is 5.54. The first-order valence-electron chi connectivity index (χ1n) is 9.08. The standard InChI is InChI=1S/C25H33N/c1-8-23(25(5,6)7)16-13-19-26(18-11-9-10-14-21(2)3)24-17-12-15-22(4)20-24/h8-13,15-20H,1-2,14H2,3-7H3/b10-9-,18-11+,19-13+,23-16+. The second-order valence-corrected chi connectivity index (χ2v) is 7.59. The molecule has 0 fully saturated rings. The summed E-state index contributed by atoms with van der Waals surface area (Å²) in [6.07, 6.45) is 17.4. The van der Waals surface area contributed by atoms with Gasteiger partial charge >= 0.3 is 0 Å². The molecule has 0 spiro atoms. The Morgan fingerprint density at radius 2 is 1.81 bits per heavy atom. The third-order valence-electron chi connectivity index (χ3n) is 3.87. The molecule has 0 aromatic heterocycles. The average molecular weight is 348 g/mol. The largest absolute Gasteiger partial charge is 0.324 e. The minimum atomic E-state index is 0.0847. The Kier molecular flexibility index (Phi) is 8.64. The highest BCUT2D eigenvalue weighted by atomic mass is 15.1. The average Bonchev–Trinajstić information content (AvgIpc) is 2.55. The van der Waals surface area contributed by atoms with Crippen molar-refractivity contribution in [2.45, 2.75) is 41.0 Å². The highest BCUT2D eigenvalue weighted by Gasteiger charge is 2.12. The second kappa shape index (κ2) is 10.5. The second-order valence-electron chi connectivity index (χ2n) is 7.59. The third-order valence-corrected chi connectivity index (χ3v) is 3.87. The van der Waals surface area contributed by atoms with Gasteiger partial charge in [0.15, 0.2) is 0 Å². The fourth-order valence-electron chi connectivity index (χ4n) is 2.36. The predicted octanol–water partition coefficient (Wildman–Crippen LogP) is 7.51. The number of aryl methyl sites for hydroxylation is 1. The van der Waals surface area contributed by atoms with Crippen molar-refractivity contribution in [3.05, 3.63) is 103 Å². The summed E-state index contributed by atoms with van der Waals surface area (Å²) in [4.78, 5) is 2.12. The molecule has 0 amide bonds. The van der Waals surface area contributed by atoms with Crippen molar-refractivity contribution in [3.63, 3.8) is 0 Å². The lowest BCUT2D eigenvalue weighted by atomic mass is 9.86. The number of rotatable bonds is 8. The fraction of sp³-hybridized carbons (Fsp3) is 0.280. The SMILES string of the molecule is C=C/C(=C\C=C\N(/C=C/C=C\CC(=C)C)c1cccc(C)c1)C(C)(C)C. The normalized spacial score (nSPS) is 13.0. The minimum absolute atomic E-state index is 0.0847. The van der Waals surface area contributed by atoms with Gasteiger partial charge in [0.05, 0.1) is 0 Å². The van der Waals surface area contributed by atoms with Crippen molar-refractivity contribution in [2.24, 2.45) is 5.41 Å². The van der Waals surface area contributed by atoms with Crippen LogP contribution in [0.3, 0.4) is 0 Å². The van der Waals surface area contributed by atoms with Gasteiger partial charge in [-0.2, -0.15) is 0 Å². The van der Waals surface area contributed by atoms with Gasteiger partial charge in [0, 0.05) is 18.1 Å². The highest BCUT2D eigenvalue weighted by Crippen LogP contribution is 2.26. The van der Waals surface area contributed by atoms with Gasteiger partial charge < -0.3 is 4.90 Å². The molecular weight excluding hydrogens is 314 g/mol. The number of benzene rings is 1. The summed E-state index contributed by atoms with van der Waals surface area (Å²) in [6.45, 7) is 18.6. The summed E-state index contributed by atoms with van der Waals surface area (Å²) in [5, 5.41) is 0. The zero-order valence-electron chi connectivity index (χ0n) is 17.0. The van der Waals surface area contributed by atoms with Crippen LogP contribution in [0.1, 0.15) is 39.7 Å². The van der Waals surface area contributed by atoms with E-state index >= 15 is 0 Å². The lowest BCUT2D eigenvalue weighted by Crippen LogP contribution is -2.08. The van der Waals surface area contributed by atoms with E-state index in [0.717, 1.165) is 17.7 Å². The van der Waals surface area contributed by atoms with Crippen LogP contribution in [0.4, 0.5) is 5.69 Å². The van der Waals surface area contributed by atoms with E-state index in [9.17, 15) is 0 Å². The summed E-state index contributed by atoms with van der Waals surface area (Å²) in [7, 11) is 0. The van der Waals surface area contributed by atoms with Crippen LogP contribution in [-0.2, 0) is 0 Å². The predicted molar refractivity (Wildman–Crippen MR) is 118 cm³/mol. The number of allylic oxidation sites excluding steroid dienone is 8. The Morgan fingerprint density at radius 3 is 2.38 bits per heavy atom. The molecule has 26 heavy (non-hydrogen) atoms. The van der Waals surface area contributed by atoms with Crippen LogP contribution in [0.25, 0.3) is 0 Å². The molecule has 0 heterocycles. The number of nitrogens with zero attached hydrogens (tertiary/aromatic N) is 1. The molecule has 0 unspecified atom stereocenters. The smallest absolute Gasteiger partial charge is 0.0451 e. The molecule has 0 N–H and O–H groups in total. The Bertz CT molecular complexity index is 721. The fourth-order valence-corrected chi connectivity index (χ4v) is 2.36. The molecule has 1 aromatic rings. The van der Waals surface area contributed by atoms with Crippen LogP contribution in [0.2, 0.25) is 0 Å². The molecule has 0 saturated heterocycles. The Morgan fingerprint density at radius 1 is 1.12 bits per heavy atom. The van der Waals surface area contributed by atoms with Crippen molar-refractivity contribution in [3.8, 4) is 0 Å². The van der Waals surface area contributed by atoms with E-state index in [1.54, 1.807) is 0 Å². The van der Waals surface area contributed by atoms with Gasteiger partial charge in [0.1, 0.15) is 0 Å².